The van der Waals surface area contributed by atoms with E-state index in [1.165, 1.54) is 0 Å². The average Bonchev–Trinajstić information content (AvgIpc) is 2.24. The van der Waals surface area contributed by atoms with Crippen molar-refractivity contribution in [3.05, 3.63) is 34.9 Å². The first kappa shape index (κ1) is 16.1. The third-order valence-corrected chi connectivity index (χ3v) is 2.24. The molecule has 1 rings (SSSR count). The average molecular weight is 273 g/mol. The van der Waals surface area contributed by atoms with E-state index in [9.17, 15) is 17.6 Å². The highest BCUT2D eigenvalue weighted by molar-refractivity contribution is 5.85. The van der Waals surface area contributed by atoms with Gasteiger partial charge in [0.05, 0.1) is 0 Å². The molecular weight excluding hydrogens is 260 g/mol. The zero-order valence-corrected chi connectivity index (χ0v) is 9.67. The van der Waals surface area contributed by atoms with Gasteiger partial charge in [-0.05, 0) is 19.4 Å². The molecule has 0 aliphatic carbocycles. The molecule has 0 aliphatic heterocycles. The van der Waals surface area contributed by atoms with E-state index in [0.717, 1.165) is 0 Å². The number of rotatable bonds is 4. The summed E-state index contributed by atoms with van der Waals surface area (Å²) in [6, 6.07) is -0.946. The van der Waals surface area contributed by atoms with Crippen LogP contribution in [0.25, 0.3) is 0 Å². The maximum atomic E-state index is 13.2. The molecule has 0 aromatic heterocycles. The summed E-state index contributed by atoms with van der Waals surface area (Å²) in [6.07, 6.45) is 0.575. The van der Waals surface area contributed by atoms with Crippen LogP contribution < -0.4 is 11.5 Å². The highest BCUT2D eigenvalue weighted by Crippen LogP contribution is 2.26. The lowest BCUT2D eigenvalue weighted by molar-refractivity contribution is 0.421. The minimum Gasteiger partial charge on any atom is -0.330 e. The van der Waals surface area contributed by atoms with Crippen LogP contribution >= 0.6 is 12.4 Å². The summed E-state index contributed by atoms with van der Waals surface area (Å²) in [4.78, 5) is 0. The van der Waals surface area contributed by atoms with Crippen LogP contribution in [0.1, 0.15) is 24.4 Å². The lowest BCUT2D eigenvalue weighted by atomic mass is 10.0. The topological polar surface area (TPSA) is 52.0 Å². The second-order valence-electron chi connectivity index (χ2n) is 3.42. The molecule has 0 saturated carbocycles. The molecular formula is C10H13ClF4N2. The van der Waals surface area contributed by atoms with E-state index in [0.29, 0.717) is 6.42 Å². The standard InChI is InChI=1S/C10H12F4N2.ClH/c11-5-4-6(12)10(14)8(9(5)13)7(16)2-1-3-15;/h4,7H,1-3,15-16H2;1H/t7-;/m1./s1. The zero-order valence-electron chi connectivity index (χ0n) is 8.85. The Morgan fingerprint density at radius 3 is 1.94 bits per heavy atom. The van der Waals surface area contributed by atoms with Gasteiger partial charge in [-0.3, -0.25) is 0 Å². The van der Waals surface area contributed by atoms with Gasteiger partial charge in [0.25, 0.3) is 0 Å². The van der Waals surface area contributed by atoms with Crippen LogP contribution in [0.15, 0.2) is 6.07 Å². The van der Waals surface area contributed by atoms with Crippen molar-refractivity contribution >= 4 is 12.4 Å². The molecule has 1 aromatic rings. The van der Waals surface area contributed by atoms with E-state index in [1.54, 1.807) is 0 Å². The predicted octanol–water partition coefficient (Wildman–Crippen LogP) is 2.40. The van der Waals surface area contributed by atoms with Crippen LogP contribution in [0.2, 0.25) is 0 Å². The molecule has 0 aliphatic rings. The van der Waals surface area contributed by atoms with Gasteiger partial charge in [-0.2, -0.15) is 0 Å². The molecule has 0 spiro atoms. The molecule has 2 nitrogen and oxygen atoms in total. The summed E-state index contributed by atoms with van der Waals surface area (Å²) >= 11 is 0. The Bertz CT molecular complexity index is 361. The normalized spacial score (nSPS) is 12.1. The zero-order chi connectivity index (χ0) is 12.3. The highest BCUT2D eigenvalue weighted by Gasteiger charge is 2.23. The van der Waals surface area contributed by atoms with E-state index in [4.69, 9.17) is 11.5 Å². The summed E-state index contributed by atoms with van der Waals surface area (Å²) in [5.41, 5.74) is 9.89. The van der Waals surface area contributed by atoms with Gasteiger partial charge >= 0.3 is 0 Å². The van der Waals surface area contributed by atoms with Crippen LogP contribution in [-0.4, -0.2) is 6.54 Å². The van der Waals surface area contributed by atoms with Crippen molar-refractivity contribution in [2.75, 3.05) is 6.54 Å². The lowest BCUT2D eigenvalue weighted by Gasteiger charge is -2.14. The van der Waals surface area contributed by atoms with Gasteiger partial charge in [-0.25, -0.2) is 17.6 Å². The van der Waals surface area contributed by atoms with Gasteiger partial charge in [0.15, 0.2) is 23.3 Å². The van der Waals surface area contributed by atoms with E-state index in [1.807, 2.05) is 0 Å². The molecule has 98 valence electrons. The first-order chi connectivity index (χ1) is 7.49. The van der Waals surface area contributed by atoms with Gasteiger partial charge < -0.3 is 11.5 Å². The van der Waals surface area contributed by atoms with E-state index in [-0.39, 0.29) is 31.4 Å². The minimum atomic E-state index is -1.45. The molecule has 4 N–H and O–H groups in total. The predicted molar refractivity (Wildman–Crippen MR) is 58.7 cm³/mol. The second kappa shape index (κ2) is 6.78. The quantitative estimate of drug-likeness (QED) is 0.653. The second-order valence-corrected chi connectivity index (χ2v) is 3.42. The Labute approximate surface area is 102 Å². The van der Waals surface area contributed by atoms with Gasteiger partial charge in [-0.1, -0.05) is 0 Å². The van der Waals surface area contributed by atoms with Crippen molar-refractivity contribution in [2.24, 2.45) is 11.5 Å². The van der Waals surface area contributed by atoms with Crippen molar-refractivity contribution in [1.29, 1.82) is 0 Å². The Morgan fingerprint density at radius 2 is 1.53 bits per heavy atom. The van der Waals surface area contributed by atoms with Crippen molar-refractivity contribution in [1.82, 2.24) is 0 Å². The summed E-state index contributed by atoms with van der Waals surface area (Å²) in [6.45, 7) is 0.286. The molecule has 0 unspecified atom stereocenters. The maximum Gasteiger partial charge on any atom is 0.166 e. The summed E-state index contributed by atoms with van der Waals surface area (Å²) in [5.74, 6) is -5.78. The Hall–Kier alpha value is -0.850. The maximum absolute atomic E-state index is 13.2. The van der Waals surface area contributed by atoms with Crippen LogP contribution in [0.4, 0.5) is 17.6 Å². The molecule has 0 saturated heterocycles. The lowest BCUT2D eigenvalue weighted by Crippen LogP contribution is -2.17. The van der Waals surface area contributed by atoms with Gasteiger partial charge in [0, 0.05) is 17.7 Å². The summed E-state index contributed by atoms with van der Waals surface area (Å²) in [5, 5.41) is 0. The number of hydrogen-bond acceptors (Lipinski definition) is 2. The summed E-state index contributed by atoms with van der Waals surface area (Å²) in [7, 11) is 0. The number of nitrogens with two attached hydrogens (primary N) is 2. The SMILES string of the molecule is Cl.NCCC[C@@H](N)c1c(F)c(F)cc(F)c1F. The van der Waals surface area contributed by atoms with Crippen LogP contribution in [-0.2, 0) is 0 Å². The first-order valence-electron chi connectivity index (χ1n) is 4.77. The van der Waals surface area contributed by atoms with Crippen molar-refractivity contribution in [2.45, 2.75) is 18.9 Å². The summed E-state index contributed by atoms with van der Waals surface area (Å²) < 4.78 is 52.1. The fraction of sp³-hybridized carbons (Fsp3) is 0.400. The fourth-order valence-electron chi connectivity index (χ4n) is 1.40. The van der Waals surface area contributed by atoms with Gasteiger partial charge in [0.2, 0.25) is 0 Å². The molecule has 1 aromatic carbocycles. The Kier molecular flexibility index (Phi) is 6.44. The fourth-order valence-corrected chi connectivity index (χ4v) is 1.40. The van der Waals surface area contributed by atoms with E-state index < -0.39 is 34.9 Å². The smallest absolute Gasteiger partial charge is 0.166 e. The van der Waals surface area contributed by atoms with Crippen LogP contribution in [0.5, 0.6) is 0 Å². The molecule has 0 heterocycles. The Morgan fingerprint density at radius 1 is 1.06 bits per heavy atom. The number of hydrogen-bond donors (Lipinski definition) is 2. The highest BCUT2D eigenvalue weighted by atomic mass is 35.5. The third kappa shape index (κ3) is 3.55. The van der Waals surface area contributed by atoms with Gasteiger partial charge in [0.1, 0.15) is 0 Å². The molecule has 0 bridgehead atoms. The molecule has 0 amide bonds. The number of benzene rings is 1. The van der Waals surface area contributed by atoms with Crippen molar-refractivity contribution in [3.8, 4) is 0 Å². The molecule has 17 heavy (non-hydrogen) atoms. The molecule has 0 radical (unpaired) electrons. The first-order valence-corrected chi connectivity index (χ1v) is 4.77. The third-order valence-electron chi connectivity index (χ3n) is 2.24. The molecule has 7 heteroatoms. The van der Waals surface area contributed by atoms with E-state index >= 15 is 0 Å². The Balaban J connectivity index is 0.00000256. The minimum absolute atomic E-state index is 0. The largest absolute Gasteiger partial charge is 0.330 e. The molecule has 1 atom stereocenters. The molecule has 0 fully saturated rings. The van der Waals surface area contributed by atoms with Crippen molar-refractivity contribution < 1.29 is 17.6 Å². The number of halogens is 5. The van der Waals surface area contributed by atoms with Crippen LogP contribution in [0, 0.1) is 23.3 Å². The van der Waals surface area contributed by atoms with E-state index in [2.05, 4.69) is 0 Å². The van der Waals surface area contributed by atoms with Gasteiger partial charge in [-0.15, -0.1) is 12.4 Å². The van der Waals surface area contributed by atoms with Crippen molar-refractivity contribution in [3.63, 3.8) is 0 Å². The monoisotopic (exact) mass is 272 g/mol. The van der Waals surface area contributed by atoms with Crippen LogP contribution in [0.3, 0.4) is 0 Å².